The number of thioether (sulfide) groups is 1. The van der Waals surface area contributed by atoms with Crippen LogP contribution in [0.5, 0.6) is 0 Å². The van der Waals surface area contributed by atoms with Crippen LogP contribution in [-0.2, 0) is 11.3 Å². The highest BCUT2D eigenvalue weighted by Crippen LogP contribution is 2.32. The Balaban J connectivity index is 1.66. The van der Waals surface area contributed by atoms with Crippen LogP contribution in [0.3, 0.4) is 0 Å². The van der Waals surface area contributed by atoms with Crippen molar-refractivity contribution in [3.8, 4) is 17.1 Å². The fourth-order valence-electron chi connectivity index (χ4n) is 3.92. The number of Topliss-reactive ketones (excluding diaryl/α,β-unsaturated/α-hetero) is 1. The Morgan fingerprint density at radius 2 is 1.88 bits per heavy atom. The number of hydrogen-bond acceptors (Lipinski definition) is 6. The molecule has 7 nitrogen and oxygen atoms in total. The summed E-state index contributed by atoms with van der Waals surface area (Å²) in [7, 11) is 1.68. The van der Waals surface area contributed by atoms with Gasteiger partial charge in [0.25, 0.3) is 0 Å². The average molecular weight is 496 g/mol. The van der Waals surface area contributed by atoms with Crippen molar-refractivity contribution >= 4 is 29.1 Å². The van der Waals surface area contributed by atoms with E-state index in [1.165, 1.54) is 11.8 Å². The number of aromatic nitrogens is 5. The van der Waals surface area contributed by atoms with Gasteiger partial charge in [0, 0.05) is 53.6 Å². The maximum absolute atomic E-state index is 13.2. The number of pyridine rings is 1. The summed E-state index contributed by atoms with van der Waals surface area (Å²) in [6, 6.07) is 11.4. The molecule has 0 aliphatic carbocycles. The second kappa shape index (κ2) is 10.5. The van der Waals surface area contributed by atoms with Crippen LogP contribution in [0, 0.1) is 20.8 Å². The van der Waals surface area contributed by atoms with E-state index >= 15 is 0 Å². The first kappa shape index (κ1) is 24.2. The van der Waals surface area contributed by atoms with Crippen LogP contribution in [0.1, 0.15) is 27.3 Å². The van der Waals surface area contributed by atoms with Crippen LogP contribution in [0.4, 0.5) is 0 Å². The second-order valence-electron chi connectivity index (χ2n) is 7.90. The van der Waals surface area contributed by atoms with Crippen molar-refractivity contribution in [3.63, 3.8) is 0 Å². The number of aryl methyl sites for hydroxylation is 1. The van der Waals surface area contributed by atoms with Gasteiger partial charge in [-0.3, -0.25) is 14.3 Å². The zero-order valence-electron chi connectivity index (χ0n) is 19.6. The van der Waals surface area contributed by atoms with Crippen molar-refractivity contribution in [2.75, 3.05) is 19.5 Å². The fraction of sp³-hybridized carbons (Fsp3) is 0.280. The van der Waals surface area contributed by atoms with E-state index in [4.69, 9.17) is 16.3 Å². The lowest BCUT2D eigenvalue weighted by Crippen LogP contribution is -2.10. The molecule has 0 N–H and O–H groups in total. The summed E-state index contributed by atoms with van der Waals surface area (Å²) in [6.45, 7) is 7.25. The number of hydrogen-bond donors (Lipinski definition) is 0. The number of carbonyl (C=O) groups excluding carboxylic acids is 1. The topological polar surface area (TPSA) is 74.8 Å². The summed E-state index contributed by atoms with van der Waals surface area (Å²) in [5, 5.41) is 10.2. The van der Waals surface area contributed by atoms with Crippen LogP contribution < -0.4 is 0 Å². The minimum Gasteiger partial charge on any atom is -0.383 e. The van der Waals surface area contributed by atoms with Crippen molar-refractivity contribution in [2.24, 2.45) is 0 Å². The first-order valence-corrected chi connectivity index (χ1v) is 12.2. The van der Waals surface area contributed by atoms with E-state index in [0.717, 1.165) is 33.8 Å². The first-order chi connectivity index (χ1) is 16.4. The van der Waals surface area contributed by atoms with Gasteiger partial charge in [-0.1, -0.05) is 29.4 Å². The van der Waals surface area contributed by atoms with E-state index in [1.54, 1.807) is 19.5 Å². The van der Waals surface area contributed by atoms with E-state index in [1.807, 2.05) is 61.7 Å². The van der Waals surface area contributed by atoms with E-state index < -0.39 is 0 Å². The molecule has 4 rings (SSSR count). The highest BCUT2D eigenvalue weighted by molar-refractivity contribution is 7.99. The molecule has 0 bridgehead atoms. The Morgan fingerprint density at radius 1 is 1.12 bits per heavy atom. The monoisotopic (exact) mass is 495 g/mol. The number of nitrogens with zero attached hydrogens (tertiary/aromatic N) is 5. The number of ketones is 1. The van der Waals surface area contributed by atoms with Gasteiger partial charge >= 0.3 is 0 Å². The number of halogens is 1. The quantitative estimate of drug-likeness (QED) is 0.231. The Labute approximate surface area is 208 Å². The van der Waals surface area contributed by atoms with Gasteiger partial charge in [-0.15, -0.1) is 10.2 Å². The Morgan fingerprint density at radius 3 is 2.62 bits per heavy atom. The van der Waals surface area contributed by atoms with Gasteiger partial charge in [-0.25, -0.2) is 0 Å². The zero-order chi connectivity index (χ0) is 24.2. The summed E-state index contributed by atoms with van der Waals surface area (Å²) in [4.78, 5) is 17.3. The number of methoxy groups -OCH3 is 1. The molecule has 9 heteroatoms. The molecule has 3 heterocycles. The molecular formula is C25H26ClN5O2S. The molecule has 0 amide bonds. The van der Waals surface area contributed by atoms with Gasteiger partial charge in [-0.05, 0) is 56.7 Å². The molecule has 4 aromatic rings. The molecule has 34 heavy (non-hydrogen) atoms. The molecule has 0 atom stereocenters. The highest BCUT2D eigenvalue weighted by atomic mass is 35.5. The van der Waals surface area contributed by atoms with Crippen molar-refractivity contribution in [1.82, 2.24) is 24.3 Å². The van der Waals surface area contributed by atoms with E-state index in [9.17, 15) is 4.79 Å². The largest absolute Gasteiger partial charge is 0.383 e. The third kappa shape index (κ3) is 4.80. The van der Waals surface area contributed by atoms with Gasteiger partial charge in [0.15, 0.2) is 16.8 Å². The van der Waals surface area contributed by atoms with Gasteiger partial charge in [-0.2, -0.15) is 0 Å². The van der Waals surface area contributed by atoms with E-state index in [-0.39, 0.29) is 11.5 Å². The molecule has 0 aliphatic heterocycles. The molecule has 0 saturated heterocycles. The Hall–Kier alpha value is -2.94. The smallest absolute Gasteiger partial charge is 0.196 e. The van der Waals surface area contributed by atoms with E-state index in [2.05, 4.69) is 19.7 Å². The van der Waals surface area contributed by atoms with Crippen LogP contribution in [0.2, 0.25) is 5.02 Å². The van der Waals surface area contributed by atoms with Crippen LogP contribution >= 0.6 is 23.4 Å². The molecule has 0 unspecified atom stereocenters. The van der Waals surface area contributed by atoms with Crippen LogP contribution in [0.15, 0.2) is 53.9 Å². The predicted octanol–water partition coefficient (Wildman–Crippen LogP) is 5.33. The summed E-state index contributed by atoms with van der Waals surface area (Å²) in [5.74, 6) is 0.952. The predicted molar refractivity (Wildman–Crippen MR) is 135 cm³/mol. The summed E-state index contributed by atoms with van der Waals surface area (Å²) < 4.78 is 9.27. The normalized spacial score (nSPS) is 11.2. The van der Waals surface area contributed by atoms with Gasteiger partial charge in [0.1, 0.15) is 0 Å². The minimum atomic E-state index is 0.0459. The van der Waals surface area contributed by atoms with Gasteiger partial charge in [0.2, 0.25) is 0 Å². The number of ether oxygens (including phenoxy) is 1. The second-order valence-corrected chi connectivity index (χ2v) is 9.25. The van der Waals surface area contributed by atoms with Crippen molar-refractivity contribution in [3.05, 3.63) is 76.3 Å². The average Bonchev–Trinajstić information content (AvgIpc) is 3.39. The maximum atomic E-state index is 13.2. The molecule has 176 valence electrons. The molecule has 0 aliphatic rings. The number of carbonyl (C=O) groups is 1. The lowest BCUT2D eigenvalue weighted by atomic mass is 10.2. The highest BCUT2D eigenvalue weighted by Gasteiger charge is 2.21. The van der Waals surface area contributed by atoms with Gasteiger partial charge in [0.05, 0.1) is 18.0 Å². The Bertz CT molecular complexity index is 1320. The summed E-state index contributed by atoms with van der Waals surface area (Å²) in [5.41, 5.74) is 5.37. The van der Waals surface area contributed by atoms with Gasteiger partial charge < -0.3 is 9.30 Å². The number of rotatable bonds is 9. The van der Waals surface area contributed by atoms with Crippen LogP contribution in [-0.4, -0.2) is 49.6 Å². The Kier molecular flexibility index (Phi) is 7.50. The zero-order valence-corrected chi connectivity index (χ0v) is 21.2. The third-order valence-electron chi connectivity index (χ3n) is 5.78. The third-order valence-corrected chi connectivity index (χ3v) is 7.12. The fourth-order valence-corrected chi connectivity index (χ4v) is 4.92. The van der Waals surface area contributed by atoms with Crippen molar-refractivity contribution in [1.29, 1.82) is 0 Å². The molecule has 3 aromatic heterocycles. The lowest BCUT2D eigenvalue weighted by molar-refractivity contribution is 0.102. The molecule has 0 spiro atoms. The minimum absolute atomic E-state index is 0.0459. The van der Waals surface area contributed by atoms with Crippen molar-refractivity contribution < 1.29 is 9.53 Å². The lowest BCUT2D eigenvalue weighted by Gasteiger charge is -2.13. The molecule has 0 saturated carbocycles. The first-order valence-electron chi connectivity index (χ1n) is 10.8. The standard InChI is InChI=1S/C25H26ClN5O2S/c1-16-14-20(18(3)30(16)12-13-33-4)23(32)15-34-25-29-28-24(19-8-10-27-11-9-19)31(25)22-7-5-6-21(26)17(22)2/h5-11,14H,12-13,15H2,1-4H3. The number of benzene rings is 1. The molecule has 0 fully saturated rings. The maximum Gasteiger partial charge on any atom is 0.196 e. The molecular weight excluding hydrogens is 470 g/mol. The van der Waals surface area contributed by atoms with E-state index in [0.29, 0.717) is 29.2 Å². The molecule has 0 radical (unpaired) electrons. The van der Waals surface area contributed by atoms with Crippen LogP contribution in [0.25, 0.3) is 17.1 Å². The summed E-state index contributed by atoms with van der Waals surface area (Å²) >= 11 is 7.79. The van der Waals surface area contributed by atoms with Crippen molar-refractivity contribution in [2.45, 2.75) is 32.5 Å². The SMILES string of the molecule is COCCn1c(C)cc(C(=O)CSc2nnc(-c3ccncc3)n2-c2cccc(Cl)c2C)c1C. The molecule has 1 aromatic carbocycles. The summed E-state index contributed by atoms with van der Waals surface area (Å²) in [6.07, 6.45) is 3.43.